The monoisotopic (exact) mass is 406 g/mol. The van der Waals surface area contributed by atoms with Gasteiger partial charge < -0.3 is 19.0 Å². The molecule has 1 amide bonds. The molecular formula is C18H19ClN4O3S. The fraction of sp³-hybridized carbons (Fsp3) is 0.278. The van der Waals surface area contributed by atoms with Gasteiger partial charge in [0.1, 0.15) is 11.5 Å². The topological polar surface area (TPSA) is 82.2 Å². The molecule has 9 heteroatoms. The Balaban J connectivity index is 1.69. The standard InChI is InChI=1S/C18H19ClN4O3S/c1-10-13(7-8-26-10)16-21-22-18(23(16)3)27-11(2)17(24)20-12-5-6-15(25-4)14(19)9-12/h5-9,11H,1-4H3,(H,20,24)/t11-/m0/s1. The Morgan fingerprint density at radius 1 is 1.37 bits per heavy atom. The molecule has 0 aliphatic carbocycles. The summed E-state index contributed by atoms with van der Waals surface area (Å²) in [6, 6.07) is 6.94. The first-order valence-electron chi connectivity index (χ1n) is 8.15. The first-order valence-corrected chi connectivity index (χ1v) is 9.41. The number of ether oxygens (including phenoxy) is 1. The van der Waals surface area contributed by atoms with Gasteiger partial charge in [0.05, 0.1) is 29.2 Å². The van der Waals surface area contributed by atoms with Gasteiger partial charge in [0.25, 0.3) is 0 Å². The summed E-state index contributed by atoms with van der Waals surface area (Å²) >= 11 is 7.42. The number of amides is 1. The van der Waals surface area contributed by atoms with Crippen molar-refractivity contribution >= 4 is 35.0 Å². The van der Waals surface area contributed by atoms with Crippen LogP contribution in [0.3, 0.4) is 0 Å². The molecule has 1 atom stereocenters. The lowest BCUT2D eigenvalue weighted by molar-refractivity contribution is -0.115. The number of aromatic nitrogens is 3. The number of anilines is 1. The van der Waals surface area contributed by atoms with Crippen molar-refractivity contribution in [2.75, 3.05) is 12.4 Å². The van der Waals surface area contributed by atoms with Gasteiger partial charge in [-0.1, -0.05) is 23.4 Å². The first-order chi connectivity index (χ1) is 12.9. The second-order valence-electron chi connectivity index (χ2n) is 5.85. The van der Waals surface area contributed by atoms with E-state index in [1.807, 2.05) is 31.5 Å². The molecule has 2 aromatic heterocycles. The molecule has 0 aliphatic heterocycles. The van der Waals surface area contributed by atoms with Crippen LogP contribution in [0.5, 0.6) is 5.75 Å². The number of carbonyl (C=O) groups excluding carboxylic acids is 1. The molecule has 3 aromatic rings. The number of thioether (sulfide) groups is 1. The number of furan rings is 1. The Morgan fingerprint density at radius 2 is 2.15 bits per heavy atom. The molecular weight excluding hydrogens is 388 g/mol. The number of carbonyl (C=O) groups is 1. The Bertz CT molecular complexity index is 969. The first kappa shape index (κ1) is 19.3. The van der Waals surface area contributed by atoms with Crippen LogP contribution in [0.1, 0.15) is 12.7 Å². The van der Waals surface area contributed by atoms with Crippen LogP contribution in [0.4, 0.5) is 5.69 Å². The predicted molar refractivity (Wildman–Crippen MR) is 105 cm³/mol. The van der Waals surface area contributed by atoms with Crippen molar-refractivity contribution in [2.24, 2.45) is 7.05 Å². The van der Waals surface area contributed by atoms with Gasteiger partial charge in [0.2, 0.25) is 5.91 Å². The van der Waals surface area contributed by atoms with Gasteiger partial charge in [-0.2, -0.15) is 0 Å². The minimum atomic E-state index is -0.382. The van der Waals surface area contributed by atoms with Gasteiger partial charge in [-0.15, -0.1) is 10.2 Å². The maximum absolute atomic E-state index is 12.5. The van der Waals surface area contributed by atoms with Gasteiger partial charge >= 0.3 is 0 Å². The number of methoxy groups -OCH3 is 1. The van der Waals surface area contributed by atoms with Crippen molar-refractivity contribution < 1.29 is 13.9 Å². The Labute approximate surface area is 166 Å². The van der Waals surface area contributed by atoms with E-state index in [-0.39, 0.29) is 11.2 Å². The van der Waals surface area contributed by atoms with Crippen LogP contribution in [0.25, 0.3) is 11.4 Å². The number of hydrogen-bond acceptors (Lipinski definition) is 6. The molecule has 0 aliphatic rings. The number of nitrogens with zero attached hydrogens (tertiary/aromatic N) is 3. The molecule has 0 saturated carbocycles. The Kier molecular flexibility index (Phi) is 5.76. The highest BCUT2D eigenvalue weighted by molar-refractivity contribution is 8.00. The molecule has 0 saturated heterocycles. The van der Waals surface area contributed by atoms with Crippen LogP contribution in [0.15, 0.2) is 40.1 Å². The van der Waals surface area contributed by atoms with Crippen molar-refractivity contribution in [3.05, 3.63) is 41.3 Å². The van der Waals surface area contributed by atoms with Crippen LogP contribution in [0.2, 0.25) is 5.02 Å². The molecule has 2 heterocycles. The normalized spacial score (nSPS) is 12.0. The van der Waals surface area contributed by atoms with Gasteiger partial charge in [-0.05, 0) is 38.1 Å². The van der Waals surface area contributed by atoms with E-state index in [1.54, 1.807) is 31.6 Å². The Morgan fingerprint density at radius 3 is 2.78 bits per heavy atom. The summed E-state index contributed by atoms with van der Waals surface area (Å²) in [5.41, 5.74) is 1.48. The smallest absolute Gasteiger partial charge is 0.237 e. The van der Waals surface area contributed by atoms with E-state index in [0.29, 0.717) is 27.4 Å². The highest BCUT2D eigenvalue weighted by Gasteiger charge is 2.21. The fourth-order valence-electron chi connectivity index (χ4n) is 2.47. The van der Waals surface area contributed by atoms with E-state index in [4.69, 9.17) is 20.8 Å². The molecule has 142 valence electrons. The van der Waals surface area contributed by atoms with Gasteiger partial charge in [-0.25, -0.2) is 0 Å². The van der Waals surface area contributed by atoms with E-state index in [0.717, 1.165) is 11.3 Å². The molecule has 0 fully saturated rings. The average molecular weight is 407 g/mol. The number of nitrogens with one attached hydrogen (secondary N) is 1. The molecule has 27 heavy (non-hydrogen) atoms. The highest BCUT2D eigenvalue weighted by atomic mass is 35.5. The van der Waals surface area contributed by atoms with E-state index < -0.39 is 0 Å². The largest absolute Gasteiger partial charge is 0.495 e. The Hall–Kier alpha value is -2.45. The lowest BCUT2D eigenvalue weighted by Gasteiger charge is -2.12. The summed E-state index contributed by atoms with van der Waals surface area (Å²) in [5, 5.41) is 11.9. The number of rotatable bonds is 6. The van der Waals surface area contributed by atoms with E-state index >= 15 is 0 Å². The number of halogens is 1. The zero-order valence-corrected chi connectivity index (χ0v) is 16.9. The maximum Gasteiger partial charge on any atom is 0.237 e. The van der Waals surface area contributed by atoms with Crippen molar-refractivity contribution in [1.29, 1.82) is 0 Å². The second-order valence-corrected chi connectivity index (χ2v) is 7.57. The summed E-state index contributed by atoms with van der Waals surface area (Å²) in [7, 11) is 3.40. The summed E-state index contributed by atoms with van der Waals surface area (Å²) in [6.07, 6.45) is 1.61. The molecule has 3 rings (SSSR count). The fourth-order valence-corrected chi connectivity index (χ4v) is 3.54. The molecule has 1 aromatic carbocycles. The molecule has 0 unspecified atom stereocenters. The minimum absolute atomic E-state index is 0.162. The second kappa shape index (κ2) is 8.06. The predicted octanol–water partition coefficient (Wildman–Crippen LogP) is 4.16. The van der Waals surface area contributed by atoms with Crippen LogP contribution in [0, 0.1) is 6.92 Å². The van der Waals surface area contributed by atoms with Crippen LogP contribution >= 0.6 is 23.4 Å². The quantitative estimate of drug-likeness (QED) is 0.619. The lowest BCUT2D eigenvalue weighted by Crippen LogP contribution is -2.22. The third-order valence-electron chi connectivity index (χ3n) is 4.01. The van der Waals surface area contributed by atoms with Crippen molar-refractivity contribution in [3.63, 3.8) is 0 Å². The number of aryl methyl sites for hydroxylation is 1. The van der Waals surface area contributed by atoms with Crippen LogP contribution in [-0.2, 0) is 11.8 Å². The van der Waals surface area contributed by atoms with Crippen molar-refractivity contribution in [2.45, 2.75) is 24.3 Å². The van der Waals surface area contributed by atoms with Gasteiger partial charge in [0.15, 0.2) is 11.0 Å². The zero-order chi connectivity index (χ0) is 19.6. The molecule has 0 radical (unpaired) electrons. The van der Waals surface area contributed by atoms with E-state index in [2.05, 4.69) is 15.5 Å². The average Bonchev–Trinajstić information content (AvgIpc) is 3.21. The lowest BCUT2D eigenvalue weighted by atomic mass is 10.2. The van der Waals surface area contributed by atoms with Gasteiger partial charge in [0, 0.05) is 12.7 Å². The van der Waals surface area contributed by atoms with E-state index in [1.165, 1.54) is 11.8 Å². The van der Waals surface area contributed by atoms with E-state index in [9.17, 15) is 4.79 Å². The van der Waals surface area contributed by atoms with Gasteiger partial charge in [-0.3, -0.25) is 4.79 Å². The zero-order valence-electron chi connectivity index (χ0n) is 15.3. The molecule has 0 spiro atoms. The maximum atomic E-state index is 12.5. The van der Waals surface area contributed by atoms with Crippen LogP contribution < -0.4 is 10.1 Å². The van der Waals surface area contributed by atoms with Crippen molar-refractivity contribution in [1.82, 2.24) is 14.8 Å². The third-order valence-corrected chi connectivity index (χ3v) is 5.43. The number of hydrogen-bond donors (Lipinski definition) is 1. The summed E-state index contributed by atoms with van der Waals surface area (Å²) < 4.78 is 12.3. The van der Waals surface area contributed by atoms with Crippen LogP contribution in [-0.4, -0.2) is 33.0 Å². The third kappa shape index (κ3) is 4.12. The molecule has 1 N–H and O–H groups in total. The SMILES string of the molecule is COc1ccc(NC(=O)[C@H](C)Sc2nnc(-c3ccoc3C)n2C)cc1Cl. The summed E-state index contributed by atoms with van der Waals surface area (Å²) in [5.74, 6) is 1.85. The summed E-state index contributed by atoms with van der Waals surface area (Å²) in [4.78, 5) is 12.5. The minimum Gasteiger partial charge on any atom is -0.495 e. The number of benzene rings is 1. The molecule has 7 nitrogen and oxygen atoms in total. The van der Waals surface area contributed by atoms with Crippen molar-refractivity contribution in [3.8, 4) is 17.1 Å². The highest BCUT2D eigenvalue weighted by Crippen LogP contribution is 2.30. The summed E-state index contributed by atoms with van der Waals surface area (Å²) in [6.45, 7) is 3.68. The molecule has 0 bridgehead atoms.